The van der Waals surface area contributed by atoms with E-state index in [1.165, 1.54) is 75.3 Å². The van der Waals surface area contributed by atoms with Crippen LogP contribution in [0.1, 0.15) is 37.8 Å². The van der Waals surface area contributed by atoms with Crippen molar-refractivity contribution in [1.29, 1.82) is 0 Å². The van der Waals surface area contributed by atoms with E-state index in [1.54, 1.807) is 0 Å². The Morgan fingerprint density at radius 2 is 1.56 bits per heavy atom. The second kappa shape index (κ2) is 6.48. The van der Waals surface area contributed by atoms with Gasteiger partial charge in [-0.25, -0.2) is 0 Å². The van der Waals surface area contributed by atoms with Crippen LogP contribution in [0.3, 0.4) is 0 Å². The van der Waals surface area contributed by atoms with Gasteiger partial charge in [0.1, 0.15) is 0 Å². The number of piperazine rings is 1. The minimum Gasteiger partial charge on any atom is -0.398 e. The molecule has 2 N–H and O–H groups in total. The van der Waals surface area contributed by atoms with Crippen LogP contribution in [-0.4, -0.2) is 62.2 Å². The van der Waals surface area contributed by atoms with E-state index in [0.29, 0.717) is 5.41 Å². The number of likely N-dealkylation sites (N-methyl/N-ethyl adjacent to an activating group) is 1. The molecule has 0 bridgehead atoms. The summed E-state index contributed by atoms with van der Waals surface area (Å²) < 4.78 is 0. The predicted molar refractivity (Wildman–Crippen MR) is 106 cm³/mol. The van der Waals surface area contributed by atoms with Crippen molar-refractivity contribution in [1.82, 2.24) is 9.80 Å². The van der Waals surface area contributed by atoms with Crippen LogP contribution < -0.4 is 10.6 Å². The summed E-state index contributed by atoms with van der Waals surface area (Å²) in [5, 5.41) is 0. The number of nitrogens with two attached hydrogens (primary N) is 1. The van der Waals surface area contributed by atoms with Crippen molar-refractivity contribution < 1.29 is 0 Å². The van der Waals surface area contributed by atoms with E-state index in [4.69, 9.17) is 5.73 Å². The van der Waals surface area contributed by atoms with Crippen molar-refractivity contribution in [2.75, 3.05) is 56.9 Å². The van der Waals surface area contributed by atoms with Gasteiger partial charge in [0.05, 0.1) is 0 Å². The first-order valence-electron chi connectivity index (χ1n) is 10.0. The van der Waals surface area contributed by atoms with Gasteiger partial charge in [0.25, 0.3) is 0 Å². The molecule has 2 aliphatic heterocycles. The molecule has 4 nitrogen and oxygen atoms in total. The number of anilines is 2. The number of benzene rings is 1. The van der Waals surface area contributed by atoms with Crippen molar-refractivity contribution in [2.45, 2.75) is 45.6 Å². The van der Waals surface area contributed by atoms with Crippen molar-refractivity contribution in [2.24, 2.45) is 5.41 Å². The zero-order valence-electron chi connectivity index (χ0n) is 16.2. The lowest BCUT2D eigenvalue weighted by Crippen LogP contribution is -2.52. The molecule has 4 rings (SSSR count). The van der Waals surface area contributed by atoms with Gasteiger partial charge in [-0.2, -0.15) is 0 Å². The molecular weight excluding hydrogens is 308 g/mol. The normalized spacial score (nSPS) is 25.3. The Hall–Kier alpha value is -1.26. The third kappa shape index (κ3) is 3.39. The van der Waals surface area contributed by atoms with Gasteiger partial charge in [0, 0.05) is 56.7 Å². The van der Waals surface area contributed by atoms with Gasteiger partial charge in [0.15, 0.2) is 0 Å². The second-order valence-electron chi connectivity index (χ2n) is 9.21. The Balaban J connectivity index is 1.45. The van der Waals surface area contributed by atoms with Gasteiger partial charge in [-0.3, -0.25) is 4.90 Å². The molecule has 0 saturated carbocycles. The summed E-state index contributed by atoms with van der Waals surface area (Å²) in [5.74, 6) is 0. The minimum absolute atomic E-state index is 0.352. The molecule has 2 fully saturated rings. The van der Waals surface area contributed by atoms with Crippen LogP contribution >= 0.6 is 0 Å². The number of nitrogens with zero attached hydrogens (tertiary/aromatic N) is 3. The van der Waals surface area contributed by atoms with Crippen LogP contribution in [0.15, 0.2) is 12.1 Å². The number of nitrogen functional groups attached to an aromatic ring is 1. The summed E-state index contributed by atoms with van der Waals surface area (Å²) in [6, 6.07) is 5.21. The van der Waals surface area contributed by atoms with Crippen molar-refractivity contribution in [3.05, 3.63) is 23.3 Å². The third-order valence-electron chi connectivity index (χ3n) is 6.61. The second-order valence-corrected chi connectivity index (χ2v) is 9.21. The molecule has 25 heavy (non-hydrogen) atoms. The van der Waals surface area contributed by atoms with Crippen LogP contribution in [0.4, 0.5) is 11.4 Å². The first-order chi connectivity index (χ1) is 11.9. The lowest BCUT2D eigenvalue weighted by atomic mass is 9.90. The summed E-state index contributed by atoms with van der Waals surface area (Å²) in [4.78, 5) is 7.81. The van der Waals surface area contributed by atoms with Crippen molar-refractivity contribution in [3.63, 3.8) is 0 Å². The SMILES string of the molecule is CN1CCN(C2CCN(c3ccc(N)c4c3CC(C)(C)C4)CC2)CC1. The van der Waals surface area contributed by atoms with Gasteiger partial charge >= 0.3 is 0 Å². The quantitative estimate of drug-likeness (QED) is 0.838. The number of hydrogen-bond donors (Lipinski definition) is 1. The summed E-state index contributed by atoms with van der Waals surface area (Å²) in [5.41, 5.74) is 12.1. The maximum absolute atomic E-state index is 6.29. The molecule has 138 valence electrons. The van der Waals surface area contributed by atoms with Gasteiger partial charge in [0.2, 0.25) is 0 Å². The largest absolute Gasteiger partial charge is 0.398 e. The molecule has 0 aromatic heterocycles. The molecule has 2 saturated heterocycles. The summed E-state index contributed by atoms with van der Waals surface area (Å²) in [6.07, 6.45) is 4.89. The molecule has 2 heterocycles. The van der Waals surface area contributed by atoms with Crippen LogP contribution in [0, 0.1) is 5.41 Å². The fraction of sp³-hybridized carbons (Fsp3) is 0.714. The smallest absolute Gasteiger partial charge is 0.0403 e. The standard InChI is InChI=1S/C21H34N4/c1-21(2)14-17-18(15-21)20(5-4-19(17)22)25-8-6-16(7-9-25)24-12-10-23(3)11-13-24/h4-5,16H,6-15,22H2,1-3H3. The van der Waals surface area contributed by atoms with E-state index in [0.717, 1.165) is 18.2 Å². The molecule has 1 aliphatic carbocycles. The molecule has 0 spiro atoms. The monoisotopic (exact) mass is 342 g/mol. The molecule has 1 aromatic carbocycles. The van der Waals surface area contributed by atoms with Crippen LogP contribution in [-0.2, 0) is 12.8 Å². The maximum atomic E-state index is 6.29. The number of piperidine rings is 1. The van der Waals surface area contributed by atoms with E-state index in [9.17, 15) is 0 Å². The van der Waals surface area contributed by atoms with E-state index in [1.807, 2.05) is 0 Å². The third-order valence-corrected chi connectivity index (χ3v) is 6.61. The van der Waals surface area contributed by atoms with E-state index >= 15 is 0 Å². The average Bonchev–Trinajstić information content (AvgIpc) is 2.92. The number of fused-ring (bicyclic) bond motifs is 1. The fourth-order valence-electron chi connectivity index (χ4n) is 5.08. The zero-order valence-corrected chi connectivity index (χ0v) is 16.2. The predicted octanol–water partition coefficient (Wildman–Crippen LogP) is 2.61. The summed E-state index contributed by atoms with van der Waals surface area (Å²) >= 11 is 0. The van der Waals surface area contributed by atoms with E-state index < -0.39 is 0 Å². The Bertz CT molecular complexity index is 623. The topological polar surface area (TPSA) is 35.7 Å². The Morgan fingerprint density at radius 1 is 0.920 bits per heavy atom. The lowest BCUT2D eigenvalue weighted by molar-refractivity contribution is 0.0982. The fourth-order valence-corrected chi connectivity index (χ4v) is 5.08. The minimum atomic E-state index is 0.352. The molecule has 0 atom stereocenters. The Labute approximate surface area is 153 Å². The first-order valence-corrected chi connectivity index (χ1v) is 10.0. The summed E-state index contributed by atoms with van der Waals surface area (Å²) in [6.45, 7) is 12.0. The molecule has 3 aliphatic rings. The first kappa shape index (κ1) is 17.2. The summed E-state index contributed by atoms with van der Waals surface area (Å²) in [7, 11) is 2.24. The zero-order chi connectivity index (χ0) is 17.6. The lowest BCUT2D eigenvalue weighted by Gasteiger charge is -2.43. The van der Waals surface area contributed by atoms with E-state index in [-0.39, 0.29) is 0 Å². The van der Waals surface area contributed by atoms with Crippen LogP contribution in [0.2, 0.25) is 0 Å². The average molecular weight is 343 g/mol. The Kier molecular flexibility index (Phi) is 4.45. The van der Waals surface area contributed by atoms with Gasteiger partial charge in [-0.15, -0.1) is 0 Å². The molecular formula is C21H34N4. The number of rotatable bonds is 2. The highest BCUT2D eigenvalue weighted by Gasteiger charge is 2.34. The van der Waals surface area contributed by atoms with Gasteiger partial charge in [-0.1, -0.05) is 13.8 Å². The van der Waals surface area contributed by atoms with Crippen molar-refractivity contribution >= 4 is 11.4 Å². The van der Waals surface area contributed by atoms with Crippen molar-refractivity contribution in [3.8, 4) is 0 Å². The van der Waals surface area contributed by atoms with Crippen LogP contribution in [0.5, 0.6) is 0 Å². The number of hydrogen-bond acceptors (Lipinski definition) is 4. The highest BCUT2D eigenvalue weighted by atomic mass is 15.3. The highest BCUT2D eigenvalue weighted by Crippen LogP contribution is 2.44. The van der Waals surface area contributed by atoms with Gasteiger partial charge < -0.3 is 15.5 Å². The van der Waals surface area contributed by atoms with E-state index in [2.05, 4.69) is 47.7 Å². The Morgan fingerprint density at radius 3 is 2.24 bits per heavy atom. The molecule has 1 aromatic rings. The molecule has 4 heteroatoms. The molecule has 0 amide bonds. The van der Waals surface area contributed by atoms with Gasteiger partial charge in [-0.05, 0) is 61.4 Å². The maximum Gasteiger partial charge on any atom is 0.0403 e. The van der Waals surface area contributed by atoms with Crippen LogP contribution in [0.25, 0.3) is 0 Å². The molecule has 0 unspecified atom stereocenters. The molecule has 0 radical (unpaired) electrons. The highest BCUT2D eigenvalue weighted by molar-refractivity contribution is 5.67.